The molecule has 0 aromatic heterocycles. The number of fused-ring (bicyclic) bond motifs is 1. The van der Waals surface area contributed by atoms with E-state index in [-0.39, 0.29) is 0 Å². The average Bonchev–Trinajstić information content (AvgIpc) is 2.51. The van der Waals surface area contributed by atoms with Gasteiger partial charge in [-0.05, 0) is 12.8 Å². The van der Waals surface area contributed by atoms with Gasteiger partial charge in [0.2, 0.25) is 0 Å². The lowest BCUT2D eigenvalue weighted by Gasteiger charge is -2.34. The first-order valence-corrected chi connectivity index (χ1v) is 7.65. The first kappa shape index (κ1) is 15.8. The summed E-state index contributed by atoms with van der Waals surface area (Å²) in [5.41, 5.74) is 7.98. The van der Waals surface area contributed by atoms with E-state index >= 15 is 0 Å². The molecule has 0 spiro atoms. The highest BCUT2D eigenvalue weighted by Gasteiger charge is 2.22. The zero-order chi connectivity index (χ0) is 15.2. The molecule has 2 rings (SSSR count). The fraction of sp³-hybridized carbons (Fsp3) is 0.625. The Morgan fingerprint density at radius 3 is 2.38 bits per heavy atom. The Hall–Kier alpha value is -1.62. The van der Waals surface area contributed by atoms with Gasteiger partial charge in [-0.2, -0.15) is 0 Å². The van der Waals surface area contributed by atoms with Crippen LogP contribution >= 0.6 is 0 Å². The van der Waals surface area contributed by atoms with Gasteiger partial charge in [0.1, 0.15) is 13.2 Å². The van der Waals surface area contributed by atoms with Crippen molar-refractivity contribution >= 4 is 11.4 Å². The van der Waals surface area contributed by atoms with Gasteiger partial charge in [-0.3, -0.25) is 0 Å². The van der Waals surface area contributed by atoms with Crippen LogP contribution in [0.2, 0.25) is 0 Å². The quantitative estimate of drug-likeness (QED) is 0.784. The summed E-state index contributed by atoms with van der Waals surface area (Å²) in [4.78, 5) is 2.32. The highest BCUT2D eigenvalue weighted by Crippen LogP contribution is 2.39. The number of rotatable bonds is 7. The van der Waals surface area contributed by atoms with Crippen LogP contribution in [-0.4, -0.2) is 39.5 Å². The Morgan fingerprint density at radius 2 is 1.81 bits per heavy atom. The molecule has 1 aliphatic rings. The lowest BCUT2D eigenvalue weighted by molar-refractivity contribution is 0.171. The second-order valence-electron chi connectivity index (χ2n) is 5.21. The highest BCUT2D eigenvalue weighted by molar-refractivity contribution is 5.73. The molecule has 1 aromatic carbocycles. The molecule has 0 unspecified atom stereocenters. The number of nitrogens with two attached hydrogens (primary N) is 1. The number of methoxy groups -OCH3 is 1. The minimum atomic E-state index is 0.435. The molecule has 0 fully saturated rings. The maximum absolute atomic E-state index is 6.25. The number of nitrogens with zero attached hydrogens (tertiary/aromatic N) is 1. The molecular formula is C16H26N2O3. The molecule has 0 saturated heterocycles. The molecular weight excluding hydrogens is 268 g/mol. The molecule has 0 atom stereocenters. The molecule has 5 heteroatoms. The van der Waals surface area contributed by atoms with E-state index < -0.39 is 0 Å². The van der Waals surface area contributed by atoms with E-state index in [2.05, 4.69) is 18.7 Å². The van der Waals surface area contributed by atoms with Crippen molar-refractivity contribution in [2.75, 3.05) is 44.1 Å². The SMILES string of the molecule is CCC(CC)N(CCOC)c1cc2c(cc1N)OCCO2. The number of benzene rings is 1. The standard InChI is InChI=1S/C16H26N2O3/c1-4-12(5-2)18(6-7-19-3)14-11-16-15(10-13(14)17)20-8-9-21-16/h10-12H,4-9,17H2,1-3H3. The third-order valence-electron chi connectivity index (χ3n) is 3.92. The maximum atomic E-state index is 6.25. The second-order valence-corrected chi connectivity index (χ2v) is 5.21. The molecule has 0 radical (unpaired) electrons. The summed E-state index contributed by atoms with van der Waals surface area (Å²) in [6, 6.07) is 4.30. The van der Waals surface area contributed by atoms with Crippen molar-refractivity contribution in [3.63, 3.8) is 0 Å². The third-order valence-corrected chi connectivity index (χ3v) is 3.92. The molecule has 0 aliphatic carbocycles. The minimum Gasteiger partial charge on any atom is -0.486 e. The predicted octanol–water partition coefficient (Wildman–Crippen LogP) is 2.68. The summed E-state index contributed by atoms with van der Waals surface area (Å²) in [5, 5.41) is 0. The van der Waals surface area contributed by atoms with Crippen LogP contribution < -0.4 is 20.1 Å². The molecule has 118 valence electrons. The van der Waals surface area contributed by atoms with Crippen molar-refractivity contribution in [1.82, 2.24) is 0 Å². The van der Waals surface area contributed by atoms with E-state index in [0.717, 1.165) is 42.3 Å². The van der Waals surface area contributed by atoms with Crippen LogP contribution in [0.1, 0.15) is 26.7 Å². The van der Waals surface area contributed by atoms with Crippen molar-refractivity contribution in [2.24, 2.45) is 0 Å². The molecule has 1 aliphatic heterocycles. The Labute approximate surface area is 127 Å². The number of hydrogen-bond acceptors (Lipinski definition) is 5. The summed E-state index contributed by atoms with van der Waals surface area (Å²) in [7, 11) is 1.72. The van der Waals surface area contributed by atoms with Crippen LogP contribution in [0.25, 0.3) is 0 Å². The summed E-state index contributed by atoms with van der Waals surface area (Å²) in [6.07, 6.45) is 2.13. The summed E-state index contributed by atoms with van der Waals surface area (Å²) < 4.78 is 16.5. The number of ether oxygens (including phenoxy) is 3. The van der Waals surface area contributed by atoms with Crippen LogP contribution in [-0.2, 0) is 4.74 Å². The van der Waals surface area contributed by atoms with E-state index in [4.69, 9.17) is 19.9 Å². The molecule has 2 N–H and O–H groups in total. The van der Waals surface area contributed by atoms with Gasteiger partial charge in [0.05, 0.1) is 18.0 Å². The number of nitrogen functional groups attached to an aromatic ring is 1. The lowest BCUT2D eigenvalue weighted by atomic mass is 10.1. The first-order chi connectivity index (χ1) is 10.2. The largest absolute Gasteiger partial charge is 0.486 e. The molecule has 1 aromatic rings. The van der Waals surface area contributed by atoms with Gasteiger partial charge in [0.15, 0.2) is 11.5 Å². The fourth-order valence-corrected chi connectivity index (χ4v) is 2.76. The van der Waals surface area contributed by atoms with Gasteiger partial charge in [-0.1, -0.05) is 13.8 Å². The average molecular weight is 294 g/mol. The molecule has 0 bridgehead atoms. The van der Waals surface area contributed by atoms with Crippen LogP contribution in [0.5, 0.6) is 11.5 Å². The van der Waals surface area contributed by atoms with Crippen molar-refractivity contribution < 1.29 is 14.2 Å². The van der Waals surface area contributed by atoms with Gasteiger partial charge in [-0.15, -0.1) is 0 Å². The predicted molar refractivity (Wildman–Crippen MR) is 85.4 cm³/mol. The zero-order valence-electron chi connectivity index (χ0n) is 13.2. The molecule has 1 heterocycles. The van der Waals surface area contributed by atoms with Crippen LogP contribution in [0.15, 0.2) is 12.1 Å². The molecule has 0 saturated carbocycles. The Morgan fingerprint density at radius 1 is 1.19 bits per heavy atom. The normalized spacial score (nSPS) is 13.5. The van der Waals surface area contributed by atoms with Crippen molar-refractivity contribution in [1.29, 1.82) is 0 Å². The molecule has 5 nitrogen and oxygen atoms in total. The first-order valence-electron chi connectivity index (χ1n) is 7.65. The van der Waals surface area contributed by atoms with Gasteiger partial charge in [-0.25, -0.2) is 0 Å². The van der Waals surface area contributed by atoms with E-state index in [1.165, 1.54) is 0 Å². The van der Waals surface area contributed by atoms with Crippen LogP contribution in [0.3, 0.4) is 0 Å². The van der Waals surface area contributed by atoms with Gasteiger partial charge in [0.25, 0.3) is 0 Å². The molecule has 21 heavy (non-hydrogen) atoms. The van der Waals surface area contributed by atoms with Gasteiger partial charge >= 0.3 is 0 Å². The Kier molecular flexibility index (Phi) is 5.56. The van der Waals surface area contributed by atoms with E-state index in [1.807, 2.05) is 12.1 Å². The summed E-state index contributed by atoms with van der Waals surface area (Å²) >= 11 is 0. The topological polar surface area (TPSA) is 57.0 Å². The van der Waals surface area contributed by atoms with E-state index in [1.54, 1.807) is 7.11 Å². The lowest BCUT2D eigenvalue weighted by Crippen LogP contribution is -2.37. The van der Waals surface area contributed by atoms with Gasteiger partial charge < -0.3 is 24.8 Å². The zero-order valence-corrected chi connectivity index (χ0v) is 13.2. The summed E-state index contributed by atoms with van der Waals surface area (Å²) in [5.74, 6) is 1.51. The molecule has 0 amide bonds. The Balaban J connectivity index is 2.33. The minimum absolute atomic E-state index is 0.435. The van der Waals surface area contributed by atoms with Crippen LogP contribution in [0.4, 0.5) is 11.4 Å². The third kappa shape index (κ3) is 3.53. The maximum Gasteiger partial charge on any atom is 0.163 e. The summed E-state index contributed by atoms with van der Waals surface area (Å²) in [6.45, 7) is 7.03. The van der Waals surface area contributed by atoms with Crippen LogP contribution in [0, 0.1) is 0 Å². The van der Waals surface area contributed by atoms with Crippen molar-refractivity contribution in [2.45, 2.75) is 32.7 Å². The van der Waals surface area contributed by atoms with E-state index in [0.29, 0.717) is 25.9 Å². The van der Waals surface area contributed by atoms with Crippen molar-refractivity contribution in [3.05, 3.63) is 12.1 Å². The monoisotopic (exact) mass is 294 g/mol. The van der Waals surface area contributed by atoms with E-state index in [9.17, 15) is 0 Å². The second kappa shape index (κ2) is 7.41. The number of hydrogen-bond donors (Lipinski definition) is 1. The number of anilines is 2. The fourth-order valence-electron chi connectivity index (χ4n) is 2.76. The smallest absolute Gasteiger partial charge is 0.163 e. The highest BCUT2D eigenvalue weighted by atomic mass is 16.6. The van der Waals surface area contributed by atoms with Crippen molar-refractivity contribution in [3.8, 4) is 11.5 Å². The Bertz CT molecular complexity index is 461. The van der Waals surface area contributed by atoms with Gasteiger partial charge in [0, 0.05) is 31.8 Å².